The van der Waals surface area contributed by atoms with Gasteiger partial charge in [-0.3, -0.25) is 9.78 Å². The quantitative estimate of drug-likeness (QED) is 0.439. The molecule has 158 valence electrons. The van der Waals surface area contributed by atoms with E-state index in [2.05, 4.69) is 10.3 Å². The molecule has 1 amide bonds. The topological polar surface area (TPSA) is 137 Å². The van der Waals surface area contributed by atoms with E-state index in [1.807, 2.05) is 0 Å². The molecule has 0 aliphatic heterocycles. The monoisotopic (exact) mass is 420 g/mol. The maximum absolute atomic E-state index is 12.8. The predicted molar refractivity (Wildman–Crippen MR) is 112 cm³/mol. The second kappa shape index (κ2) is 9.64. The van der Waals surface area contributed by atoms with Crippen LogP contribution in [0.4, 0.5) is 0 Å². The largest absolute Gasteiger partial charge is 0.479 e. The lowest BCUT2D eigenvalue weighted by molar-refractivity contribution is -0.148. The number of aliphatic hydroxyl groups excluding tert-OH is 1. The van der Waals surface area contributed by atoms with Gasteiger partial charge in [-0.2, -0.15) is 0 Å². The van der Waals surface area contributed by atoms with Crippen LogP contribution in [0, 0.1) is 0 Å². The minimum atomic E-state index is -1.82. The summed E-state index contributed by atoms with van der Waals surface area (Å²) in [5, 5.41) is 31.2. The van der Waals surface area contributed by atoms with Crippen molar-refractivity contribution >= 4 is 17.8 Å². The molecule has 0 saturated carbocycles. The van der Waals surface area contributed by atoms with Crippen molar-refractivity contribution in [3.63, 3.8) is 0 Å². The summed E-state index contributed by atoms with van der Waals surface area (Å²) in [6.45, 7) is 0. The van der Waals surface area contributed by atoms with E-state index in [1.165, 1.54) is 18.3 Å². The van der Waals surface area contributed by atoms with E-state index < -0.39 is 30.0 Å². The SMILES string of the molecule is O=C(NC(Cc1ccccc1)C(O)C(=O)O)c1cc(-c2ccccc2C(=O)O)ccn1. The molecule has 0 bridgehead atoms. The fraction of sp³-hybridized carbons (Fsp3) is 0.130. The number of rotatable bonds is 8. The maximum Gasteiger partial charge on any atom is 0.336 e. The number of aliphatic hydroxyl groups is 1. The van der Waals surface area contributed by atoms with Crippen LogP contribution in [0.2, 0.25) is 0 Å². The van der Waals surface area contributed by atoms with Gasteiger partial charge in [-0.25, -0.2) is 9.59 Å². The Labute approximate surface area is 177 Å². The Morgan fingerprint density at radius 2 is 1.61 bits per heavy atom. The molecule has 3 rings (SSSR count). The number of pyridine rings is 1. The van der Waals surface area contributed by atoms with Crippen molar-refractivity contribution in [1.29, 1.82) is 0 Å². The Kier molecular flexibility index (Phi) is 6.74. The molecule has 8 nitrogen and oxygen atoms in total. The maximum atomic E-state index is 12.8. The van der Waals surface area contributed by atoms with Crippen LogP contribution in [0.5, 0.6) is 0 Å². The zero-order valence-corrected chi connectivity index (χ0v) is 16.3. The number of nitrogens with one attached hydrogen (secondary N) is 1. The van der Waals surface area contributed by atoms with Crippen LogP contribution in [-0.2, 0) is 11.2 Å². The fourth-order valence-corrected chi connectivity index (χ4v) is 3.17. The highest BCUT2D eigenvalue weighted by Crippen LogP contribution is 2.24. The van der Waals surface area contributed by atoms with E-state index in [1.54, 1.807) is 54.6 Å². The van der Waals surface area contributed by atoms with Crippen molar-refractivity contribution in [2.24, 2.45) is 0 Å². The molecule has 0 radical (unpaired) electrons. The lowest BCUT2D eigenvalue weighted by Gasteiger charge is -2.21. The highest BCUT2D eigenvalue weighted by molar-refractivity contribution is 5.98. The predicted octanol–water partition coefficient (Wildman–Crippen LogP) is 2.23. The van der Waals surface area contributed by atoms with Crippen LogP contribution in [-0.4, -0.2) is 50.3 Å². The molecule has 0 aliphatic rings. The zero-order chi connectivity index (χ0) is 22.4. The van der Waals surface area contributed by atoms with Crippen molar-refractivity contribution in [3.05, 3.63) is 89.7 Å². The first-order valence-electron chi connectivity index (χ1n) is 9.41. The number of aromatic nitrogens is 1. The third kappa shape index (κ3) is 5.31. The first-order valence-corrected chi connectivity index (χ1v) is 9.41. The van der Waals surface area contributed by atoms with Gasteiger partial charge >= 0.3 is 11.9 Å². The molecule has 0 spiro atoms. The number of aliphatic carboxylic acids is 1. The second-order valence-electron chi connectivity index (χ2n) is 6.83. The number of benzene rings is 2. The van der Waals surface area contributed by atoms with Gasteiger partial charge in [-0.05, 0) is 41.3 Å². The normalized spacial score (nSPS) is 12.5. The molecule has 31 heavy (non-hydrogen) atoms. The lowest BCUT2D eigenvalue weighted by Crippen LogP contribution is -2.48. The van der Waals surface area contributed by atoms with Crippen LogP contribution >= 0.6 is 0 Å². The number of nitrogens with zero attached hydrogens (tertiary/aromatic N) is 1. The first-order chi connectivity index (χ1) is 14.9. The van der Waals surface area contributed by atoms with Crippen LogP contribution in [0.15, 0.2) is 72.9 Å². The van der Waals surface area contributed by atoms with Gasteiger partial charge in [0.2, 0.25) is 0 Å². The molecule has 0 aliphatic carbocycles. The highest BCUT2D eigenvalue weighted by atomic mass is 16.4. The molecular formula is C23H20N2O6. The Bertz CT molecular complexity index is 1100. The fourth-order valence-electron chi connectivity index (χ4n) is 3.17. The van der Waals surface area contributed by atoms with E-state index in [-0.39, 0.29) is 17.7 Å². The van der Waals surface area contributed by atoms with Crippen molar-refractivity contribution in [1.82, 2.24) is 10.3 Å². The standard InChI is InChI=1S/C23H20N2O6/c26-20(23(30)31)18(12-14-6-2-1-3-7-14)25-21(27)19-13-15(10-11-24-19)16-8-4-5-9-17(16)22(28)29/h1-11,13,18,20,26H,12H2,(H,25,27)(H,28,29)(H,30,31). The second-order valence-corrected chi connectivity index (χ2v) is 6.83. The van der Waals surface area contributed by atoms with Crippen LogP contribution in [0.1, 0.15) is 26.4 Å². The average Bonchev–Trinajstić information content (AvgIpc) is 2.78. The number of carbonyl (C=O) groups is 3. The van der Waals surface area contributed by atoms with Crippen molar-refractivity contribution in [2.45, 2.75) is 18.6 Å². The number of carbonyl (C=O) groups excluding carboxylic acids is 1. The summed E-state index contributed by atoms with van der Waals surface area (Å²) in [5.41, 5.74) is 1.66. The van der Waals surface area contributed by atoms with E-state index in [0.29, 0.717) is 11.1 Å². The van der Waals surface area contributed by atoms with Gasteiger partial charge in [0.15, 0.2) is 6.10 Å². The van der Waals surface area contributed by atoms with Crippen LogP contribution < -0.4 is 5.32 Å². The van der Waals surface area contributed by atoms with Gasteiger partial charge < -0.3 is 20.6 Å². The Morgan fingerprint density at radius 3 is 2.29 bits per heavy atom. The number of hydrogen-bond donors (Lipinski definition) is 4. The molecular weight excluding hydrogens is 400 g/mol. The smallest absolute Gasteiger partial charge is 0.336 e. The lowest BCUT2D eigenvalue weighted by atomic mass is 9.99. The van der Waals surface area contributed by atoms with Gasteiger partial charge in [0.05, 0.1) is 11.6 Å². The third-order valence-electron chi connectivity index (χ3n) is 4.71. The molecule has 2 aromatic carbocycles. The molecule has 4 N–H and O–H groups in total. The zero-order valence-electron chi connectivity index (χ0n) is 16.3. The number of carboxylic acids is 2. The summed E-state index contributed by atoms with van der Waals surface area (Å²) in [5.74, 6) is -3.25. The van der Waals surface area contributed by atoms with Gasteiger partial charge in [0, 0.05) is 6.20 Å². The van der Waals surface area contributed by atoms with Crippen LogP contribution in [0.3, 0.4) is 0 Å². The summed E-state index contributed by atoms with van der Waals surface area (Å²) in [6.07, 6.45) is -0.357. The molecule has 1 aromatic heterocycles. The summed E-state index contributed by atoms with van der Waals surface area (Å²) in [6, 6.07) is 17.1. The van der Waals surface area contributed by atoms with Crippen LogP contribution in [0.25, 0.3) is 11.1 Å². The Balaban J connectivity index is 1.87. The molecule has 1 heterocycles. The summed E-state index contributed by atoms with van der Waals surface area (Å²) < 4.78 is 0. The molecule has 2 atom stereocenters. The van der Waals surface area contributed by atoms with Gasteiger partial charge in [-0.1, -0.05) is 48.5 Å². The minimum absolute atomic E-state index is 0.0339. The summed E-state index contributed by atoms with van der Waals surface area (Å²) in [7, 11) is 0. The molecule has 3 aromatic rings. The molecule has 0 saturated heterocycles. The molecule has 0 fully saturated rings. The number of carboxylic acid groups (broad SMARTS) is 2. The van der Waals surface area contributed by atoms with E-state index in [4.69, 9.17) is 0 Å². The molecule has 2 unspecified atom stereocenters. The van der Waals surface area contributed by atoms with Crippen molar-refractivity contribution in [3.8, 4) is 11.1 Å². The highest BCUT2D eigenvalue weighted by Gasteiger charge is 2.28. The molecule has 8 heteroatoms. The van der Waals surface area contributed by atoms with Gasteiger partial charge in [0.1, 0.15) is 5.69 Å². The van der Waals surface area contributed by atoms with E-state index in [0.717, 1.165) is 5.56 Å². The third-order valence-corrected chi connectivity index (χ3v) is 4.71. The average molecular weight is 420 g/mol. The first kappa shape index (κ1) is 21.7. The summed E-state index contributed by atoms with van der Waals surface area (Å²) >= 11 is 0. The summed E-state index contributed by atoms with van der Waals surface area (Å²) in [4.78, 5) is 39.6. The van der Waals surface area contributed by atoms with Crippen molar-refractivity contribution in [2.75, 3.05) is 0 Å². The van der Waals surface area contributed by atoms with E-state index in [9.17, 15) is 29.7 Å². The number of hydrogen-bond acceptors (Lipinski definition) is 5. The Morgan fingerprint density at radius 1 is 0.935 bits per heavy atom. The van der Waals surface area contributed by atoms with Gasteiger partial charge in [-0.15, -0.1) is 0 Å². The van der Waals surface area contributed by atoms with E-state index >= 15 is 0 Å². The van der Waals surface area contributed by atoms with Crippen molar-refractivity contribution < 1.29 is 29.7 Å². The number of aromatic carboxylic acids is 1. The number of amides is 1. The minimum Gasteiger partial charge on any atom is -0.479 e. The van der Waals surface area contributed by atoms with Gasteiger partial charge in [0.25, 0.3) is 5.91 Å². The Hall–Kier alpha value is -4.04.